The van der Waals surface area contributed by atoms with E-state index in [9.17, 15) is 9.59 Å². The van der Waals surface area contributed by atoms with E-state index in [-0.39, 0.29) is 17.5 Å². The highest BCUT2D eigenvalue weighted by molar-refractivity contribution is 6.30. The van der Waals surface area contributed by atoms with Gasteiger partial charge in [-0.15, -0.1) is 0 Å². The van der Waals surface area contributed by atoms with E-state index in [1.807, 2.05) is 42.5 Å². The quantitative estimate of drug-likeness (QED) is 0.771. The van der Waals surface area contributed by atoms with E-state index in [1.165, 1.54) is 0 Å². The average Bonchev–Trinajstić information content (AvgIpc) is 2.75. The standard InChI is InChI=1S/C19H15ClO2/c1-12(21)10-17-15-4-2-3-5-16(15)19(22)18(17)11-13-6-8-14(20)9-7-13/h2-9,11,17H,10H2,1H3/b18-11-. The van der Waals surface area contributed by atoms with Crippen LogP contribution in [-0.2, 0) is 4.79 Å². The van der Waals surface area contributed by atoms with Crippen molar-refractivity contribution in [3.8, 4) is 0 Å². The van der Waals surface area contributed by atoms with Crippen LogP contribution in [0.3, 0.4) is 0 Å². The molecule has 0 saturated carbocycles. The Hall–Kier alpha value is -2.19. The number of Topliss-reactive ketones (excluding diaryl/α,β-unsaturated/α-hetero) is 2. The summed E-state index contributed by atoms with van der Waals surface area (Å²) in [5, 5.41) is 0.656. The number of benzene rings is 2. The zero-order valence-corrected chi connectivity index (χ0v) is 12.9. The van der Waals surface area contributed by atoms with E-state index in [0.29, 0.717) is 22.6 Å². The predicted molar refractivity (Wildman–Crippen MR) is 88.2 cm³/mol. The van der Waals surface area contributed by atoms with Gasteiger partial charge in [0.25, 0.3) is 0 Å². The number of rotatable bonds is 3. The number of halogens is 1. The fraction of sp³-hybridized carbons (Fsp3) is 0.158. The molecule has 0 aliphatic heterocycles. The summed E-state index contributed by atoms with van der Waals surface area (Å²) in [4.78, 5) is 24.3. The molecule has 1 aliphatic rings. The van der Waals surface area contributed by atoms with Crippen molar-refractivity contribution in [2.24, 2.45) is 0 Å². The number of hydrogen-bond donors (Lipinski definition) is 0. The topological polar surface area (TPSA) is 34.1 Å². The summed E-state index contributed by atoms with van der Waals surface area (Å²) in [6, 6.07) is 14.8. The SMILES string of the molecule is CC(=O)CC1/C(=C/c2ccc(Cl)cc2)C(=O)c2ccccc21. The van der Waals surface area contributed by atoms with Gasteiger partial charge >= 0.3 is 0 Å². The van der Waals surface area contributed by atoms with E-state index in [0.717, 1.165) is 11.1 Å². The minimum atomic E-state index is -0.156. The minimum Gasteiger partial charge on any atom is -0.300 e. The summed E-state index contributed by atoms with van der Waals surface area (Å²) < 4.78 is 0. The molecule has 0 amide bonds. The van der Waals surface area contributed by atoms with Crippen LogP contribution in [0.25, 0.3) is 6.08 Å². The molecule has 2 aromatic rings. The van der Waals surface area contributed by atoms with Crippen LogP contribution in [0.15, 0.2) is 54.1 Å². The number of allylic oxidation sites excluding steroid dienone is 1. The second kappa shape index (κ2) is 5.90. The third kappa shape index (κ3) is 2.75. The van der Waals surface area contributed by atoms with Crippen molar-refractivity contribution < 1.29 is 9.59 Å². The van der Waals surface area contributed by atoms with Crippen molar-refractivity contribution >= 4 is 29.2 Å². The van der Waals surface area contributed by atoms with E-state index in [4.69, 9.17) is 11.6 Å². The molecule has 110 valence electrons. The van der Waals surface area contributed by atoms with Crippen LogP contribution in [0, 0.1) is 0 Å². The zero-order chi connectivity index (χ0) is 15.7. The molecule has 0 saturated heterocycles. The molecule has 0 heterocycles. The zero-order valence-electron chi connectivity index (χ0n) is 12.2. The summed E-state index contributed by atoms with van der Waals surface area (Å²) in [7, 11) is 0. The Bertz CT molecular complexity index is 772. The molecular formula is C19H15ClO2. The van der Waals surface area contributed by atoms with Crippen molar-refractivity contribution in [1.82, 2.24) is 0 Å². The Morgan fingerprint density at radius 1 is 1.14 bits per heavy atom. The molecule has 1 aliphatic carbocycles. The molecule has 1 unspecified atom stereocenters. The lowest BCUT2D eigenvalue weighted by Gasteiger charge is -2.11. The molecule has 2 nitrogen and oxygen atoms in total. The fourth-order valence-electron chi connectivity index (χ4n) is 2.90. The monoisotopic (exact) mass is 310 g/mol. The lowest BCUT2D eigenvalue weighted by atomic mass is 9.91. The minimum absolute atomic E-state index is 0.0109. The second-order valence-electron chi connectivity index (χ2n) is 5.53. The fourth-order valence-corrected chi connectivity index (χ4v) is 3.03. The molecular weight excluding hydrogens is 296 g/mol. The van der Waals surface area contributed by atoms with Crippen molar-refractivity contribution in [3.63, 3.8) is 0 Å². The Morgan fingerprint density at radius 2 is 1.82 bits per heavy atom. The van der Waals surface area contributed by atoms with Crippen LogP contribution in [0.2, 0.25) is 5.02 Å². The third-order valence-electron chi connectivity index (χ3n) is 3.90. The van der Waals surface area contributed by atoms with E-state index < -0.39 is 0 Å². The number of carbonyl (C=O) groups is 2. The summed E-state index contributed by atoms with van der Waals surface area (Å²) in [5.41, 5.74) is 3.24. The van der Waals surface area contributed by atoms with Gasteiger partial charge in [-0.3, -0.25) is 9.59 Å². The van der Waals surface area contributed by atoms with Gasteiger partial charge in [0.15, 0.2) is 5.78 Å². The maximum atomic E-state index is 12.7. The van der Waals surface area contributed by atoms with Crippen molar-refractivity contribution in [1.29, 1.82) is 0 Å². The van der Waals surface area contributed by atoms with E-state index in [1.54, 1.807) is 19.1 Å². The molecule has 3 heteroatoms. The van der Waals surface area contributed by atoms with Gasteiger partial charge in [0.1, 0.15) is 5.78 Å². The molecule has 0 spiro atoms. The van der Waals surface area contributed by atoms with Crippen molar-refractivity contribution in [2.75, 3.05) is 0 Å². The summed E-state index contributed by atoms with van der Waals surface area (Å²) in [6.45, 7) is 1.56. The number of hydrogen-bond acceptors (Lipinski definition) is 2. The third-order valence-corrected chi connectivity index (χ3v) is 4.15. The summed E-state index contributed by atoms with van der Waals surface area (Å²) >= 11 is 5.90. The molecule has 3 rings (SSSR count). The Kier molecular flexibility index (Phi) is 3.95. The van der Waals surface area contributed by atoms with Crippen molar-refractivity contribution in [3.05, 3.63) is 75.8 Å². The van der Waals surface area contributed by atoms with Gasteiger partial charge in [-0.1, -0.05) is 48.0 Å². The molecule has 0 radical (unpaired) electrons. The first kappa shape index (κ1) is 14.7. The van der Waals surface area contributed by atoms with Gasteiger partial charge in [-0.25, -0.2) is 0 Å². The normalized spacial score (nSPS) is 18.5. The molecule has 1 atom stereocenters. The lowest BCUT2D eigenvalue weighted by Crippen LogP contribution is -2.05. The van der Waals surface area contributed by atoms with Crippen LogP contribution >= 0.6 is 11.6 Å². The van der Waals surface area contributed by atoms with Gasteiger partial charge < -0.3 is 0 Å². The second-order valence-corrected chi connectivity index (χ2v) is 5.96. The largest absolute Gasteiger partial charge is 0.300 e. The summed E-state index contributed by atoms with van der Waals surface area (Å²) in [6.07, 6.45) is 2.22. The Labute approximate surface area is 134 Å². The predicted octanol–water partition coefficient (Wildman–Crippen LogP) is 4.68. The molecule has 0 aromatic heterocycles. The van der Waals surface area contributed by atoms with Crippen LogP contribution in [0.1, 0.15) is 40.7 Å². The Morgan fingerprint density at radius 3 is 2.50 bits per heavy atom. The number of carbonyl (C=O) groups excluding carboxylic acids is 2. The van der Waals surface area contributed by atoms with Gasteiger partial charge in [0.05, 0.1) is 0 Å². The first-order valence-electron chi connectivity index (χ1n) is 7.16. The number of ketones is 2. The Balaban J connectivity index is 2.07. The smallest absolute Gasteiger partial charge is 0.189 e. The lowest BCUT2D eigenvalue weighted by molar-refractivity contribution is -0.117. The van der Waals surface area contributed by atoms with E-state index in [2.05, 4.69) is 0 Å². The highest BCUT2D eigenvalue weighted by Gasteiger charge is 2.34. The van der Waals surface area contributed by atoms with Gasteiger partial charge in [-0.2, -0.15) is 0 Å². The molecule has 0 N–H and O–H groups in total. The van der Waals surface area contributed by atoms with Crippen LogP contribution in [0.4, 0.5) is 0 Å². The first-order chi connectivity index (χ1) is 10.6. The highest BCUT2D eigenvalue weighted by Crippen LogP contribution is 2.40. The van der Waals surface area contributed by atoms with Crippen LogP contribution < -0.4 is 0 Å². The van der Waals surface area contributed by atoms with Gasteiger partial charge in [0, 0.05) is 28.5 Å². The van der Waals surface area contributed by atoms with E-state index >= 15 is 0 Å². The van der Waals surface area contributed by atoms with Gasteiger partial charge in [-0.05, 0) is 36.3 Å². The van der Waals surface area contributed by atoms with Crippen molar-refractivity contribution in [2.45, 2.75) is 19.3 Å². The maximum absolute atomic E-state index is 12.7. The average molecular weight is 311 g/mol. The number of fused-ring (bicyclic) bond motifs is 1. The maximum Gasteiger partial charge on any atom is 0.189 e. The van der Waals surface area contributed by atoms with Crippen LogP contribution in [0.5, 0.6) is 0 Å². The molecule has 0 fully saturated rings. The highest BCUT2D eigenvalue weighted by atomic mass is 35.5. The summed E-state index contributed by atoms with van der Waals surface area (Å²) in [5.74, 6) is -0.0646. The molecule has 2 aromatic carbocycles. The first-order valence-corrected chi connectivity index (χ1v) is 7.54. The van der Waals surface area contributed by atoms with Gasteiger partial charge in [0.2, 0.25) is 0 Å². The molecule has 0 bridgehead atoms. The van der Waals surface area contributed by atoms with Crippen LogP contribution in [-0.4, -0.2) is 11.6 Å². The molecule has 22 heavy (non-hydrogen) atoms.